The highest BCUT2D eigenvalue weighted by Gasteiger charge is 2.61. The monoisotopic (exact) mass is 466 g/mol. The summed E-state index contributed by atoms with van der Waals surface area (Å²) in [5.74, 6) is 0.578. The largest absolute Gasteiger partial charge is 0.422 e. The van der Waals surface area contributed by atoms with Gasteiger partial charge in [-0.25, -0.2) is 9.97 Å². The van der Waals surface area contributed by atoms with Crippen molar-refractivity contribution in [3.05, 3.63) is 28.8 Å². The number of piperidine rings is 1. The molecule has 1 saturated heterocycles. The van der Waals surface area contributed by atoms with Crippen molar-refractivity contribution in [3.63, 3.8) is 0 Å². The number of amides is 1. The van der Waals surface area contributed by atoms with E-state index in [0.29, 0.717) is 25.9 Å². The van der Waals surface area contributed by atoms with E-state index in [4.69, 9.17) is 4.98 Å². The van der Waals surface area contributed by atoms with Gasteiger partial charge in [-0.05, 0) is 18.8 Å². The third-order valence-electron chi connectivity index (χ3n) is 6.44. The van der Waals surface area contributed by atoms with Crippen LogP contribution in [0.5, 0.6) is 0 Å². The maximum atomic E-state index is 13.8. The number of aromatic nitrogens is 4. The molecule has 180 valence electrons. The van der Waals surface area contributed by atoms with Crippen molar-refractivity contribution >= 4 is 17.5 Å². The van der Waals surface area contributed by atoms with Gasteiger partial charge in [0.05, 0.1) is 12.0 Å². The molecule has 2 aliphatic heterocycles. The second-order valence-electron chi connectivity index (χ2n) is 9.52. The minimum absolute atomic E-state index is 0.173. The Labute approximate surface area is 190 Å². The molecule has 0 aromatic carbocycles. The first kappa shape index (κ1) is 23.5. The first-order valence-electron chi connectivity index (χ1n) is 11.2. The Morgan fingerprint density at radius 1 is 1.15 bits per heavy atom. The van der Waals surface area contributed by atoms with Crippen molar-refractivity contribution in [2.24, 2.45) is 0 Å². The Kier molecular flexibility index (Phi) is 5.88. The molecule has 0 radical (unpaired) electrons. The number of rotatable bonds is 4. The molecule has 3 N–H and O–H groups in total. The van der Waals surface area contributed by atoms with E-state index in [1.54, 1.807) is 0 Å². The van der Waals surface area contributed by atoms with Crippen LogP contribution in [0.3, 0.4) is 0 Å². The molecule has 1 unspecified atom stereocenters. The summed E-state index contributed by atoms with van der Waals surface area (Å²) in [6, 6.07) is 1.98. The summed E-state index contributed by atoms with van der Waals surface area (Å²) < 4.78 is 41.4. The molecular formula is C22H29F3N6O2. The zero-order valence-electron chi connectivity index (χ0n) is 19.1. The van der Waals surface area contributed by atoms with Gasteiger partial charge in [-0.1, -0.05) is 27.7 Å². The Hall–Kier alpha value is -2.69. The summed E-state index contributed by atoms with van der Waals surface area (Å²) in [5.41, 5.74) is -2.42. The van der Waals surface area contributed by atoms with Crippen LogP contribution in [0.1, 0.15) is 87.5 Å². The van der Waals surface area contributed by atoms with E-state index >= 15 is 0 Å². The first-order valence-corrected chi connectivity index (χ1v) is 11.2. The number of anilines is 2. The average Bonchev–Trinajstić information content (AvgIpc) is 3.17. The second-order valence-corrected chi connectivity index (χ2v) is 9.52. The van der Waals surface area contributed by atoms with Crippen LogP contribution in [0.25, 0.3) is 0 Å². The van der Waals surface area contributed by atoms with Crippen LogP contribution in [-0.4, -0.2) is 50.4 Å². The highest BCUT2D eigenvalue weighted by Crippen LogP contribution is 2.49. The Morgan fingerprint density at radius 2 is 1.82 bits per heavy atom. The van der Waals surface area contributed by atoms with Gasteiger partial charge in [0.2, 0.25) is 5.91 Å². The normalized spacial score (nSPS) is 22.1. The van der Waals surface area contributed by atoms with Gasteiger partial charge in [-0.3, -0.25) is 9.89 Å². The summed E-state index contributed by atoms with van der Waals surface area (Å²) in [6.45, 7) is 9.40. The van der Waals surface area contributed by atoms with Crippen LogP contribution in [0.4, 0.5) is 24.8 Å². The Morgan fingerprint density at radius 3 is 2.39 bits per heavy atom. The maximum absolute atomic E-state index is 13.8. The van der Waals surface area contributed by atoms with Crippen LogP contribution < -0.4 is 10.2 Å². The molecule has 8 nitrogen and oxygen atoms in total. The van der Waals surface area contributed by atoms with Gasteiger partial charge in [0, 0.05) is 42.4 Å². The molecule has 1 fully saturated rings. The number of nitrogens with zero attached hydrogens (tertiary/aromatic N) is 4. The predicted molar refractivity (Wildman–Crippen MR) is 116 cm³/mol. The number of nitrogens with one attached hydrogen (secondary N) is 2. The summed E-state index contributed by atoms with van der Waals surface area (Å²) in [5, 5.41) is 19.4. The van der Waals surface area contributed by atoms with Crippen molar-refractivity contribution in [2.75, 3.05) is 23.3 Å². The number of halogens is 3. The summed E-state index contributed by atoms with van der Waals surface area (Å²) in [7, 11) is 0. The average molecular weight is 467 g/mol. The lowest BCUT2D eigenvalue weighted by atomic mass is 9.81. The summed E-state index contributed by atoms with van der Waals surface area (Å²) in [4.78, 5) is 23.3. The molecule has 2 aromatic heterocycles. The van der Waals surface area contributed by atoms with Crippen LogP contribution in [0.2, 0.25) is 0 Å². The standard InChI is InChI=1S/C22H29F3N6O2/c1-11(2)14-9-15(27-19(26-14)12(3)4)31-7-5-13(6-8-31)18-17-20(30-29-18)28-16(32)10-21(17,33)22(23,24)25/h9,11-13,33H,5-8,10H2,1-4H3,(H2,28,29,30,32). The molecular weight excluding hydrogens is 437 g/mol. The van der Waals surface area contributed by atoms with Crippen molar-refractivity contribution in [1.82, 2.24) is 20.2 Å². The van der Waals surface area contributed by atoms with Gasteiger partial charge in [0.1, 0.15) is 11.6 Å². The van der Waals surface area contributed by atoms with E-state index in [2.05, 4.69) is 39.2 Å². The Balaban J connectivity index is 1.59. The SMILES string of the molecule is CC(C)c1cc(N2CCC(c3[nH]nc4c3C(O)(C(F)(F)F)CC(=O)N4)CC2)nc(C(C)C)n1. The lowest BCUT2D eigenvalue weighted by Crippen LogP contribution is -2.49. The molecule has 0 aliphatic carbocycles. The van der Waals surface area contributed by atoms with E-state index < -0.39 is 24.1 Å². The fourth-order valence-electron chi connectivity index (χ4n) is 4.48. The third kappa shape index (κ3) is 4.18. The highest BCUT2D eigenvalue weighted by atomic mass is 19.4. The summed E-state index contributed by atoms with van der Waals surface area (Å²) in [6.07, 6.45) is -4.98. The molecule has 4 heterocycles. The molecule has 0 spiro atoms. The van der Waals surface area contributed by atoms with E-state index in [1.807, 2.05) is 19.9 Å². The van der Waals surface area contributed by atoms with Crippen molar-refractivity contribution in [3.8, 4) is 0 Å². The number of alkyl halides is 3. The molecule has 1 atom stereocenters. The number of hydrogen-bond donors (Lipinski definition) is 3. The summed E-state index contributed by atoms with van der Waals surface area (Å²) >= 11 is 0. The molecule has 0 bridgehead atoms. The van der Waals surface area contributed by atoms with Gasteiger partial charge in [-0.15, -0.1) is 0 Å². The first-order chi connectivity index (χ1) is 15.4. The molecule has 0 saturated carbocycles. The third-order valence-corrected chi connectivity index (χ3v) is 6.44. The fourth-order valence-corrected chi connectivity index (χ4v) is 4.48. The molecule has 33 heavy (non-hydrogen) atoms. The number of H-pyrrole nitrogens is 1. The molecule has 2 aromatic rings. The van der Waals surface area contributed by atoms with E-state index in [9.17, 15) is 23.1 Å². The Bertz CT molecular complexity index is 1020. The lowest BCUT2D eigenvalue weighted by Gasteiger charge is -2.37. The van der Waals surface area contributed by atoms with E-state index in [1.165, 1.54) is 0 Å². The number of aromatic amines is 1. The molecule has 4 rings (SSSR count). The lowest BCUT2D eigenvalue weighted by molar-refractivity contribution is -0.267. The number of fused-ring (bicyclic) bond motifs is 1. The topological polar surface area (TPSA) is 107 Å². The van der Waals surface area contributed by atoms with Gasteiger partial charge in [-0.2, -0.15) is 18.3 Å². The minimum atomic E-state index is -5.00. The van der Waals surface area contributed by atoms with Crippen molar-refractivity contribution in [2.45, 2.75) is 76.5 Å². The van der Waals surface area contributed by atoms with Gasteiger partial charge >= 0.3 is 6.18 Å². The van der Waals surface area contributed by atoms with E-state index in [0.717, 1.165) is 17.3 Å². The van der Waals surface area contributed by atoms with Crippen LogP contribution in [-0.2, 0) is 10.4 Å². The van der Waals surface area contributed by atoms with Crippen LogP contribution >= 0.6 is 0 Å². The second kappa shape index (κ2) is 8.27. The van der Waals surface area contributed by atoms with Crippen LogP contribution in [0.15, 0.2) is 6.07 Å². The van der Waals surface area contributed by atoms with Crippen LogP contribution in [0, 0.1) is 0 Å². The smallest absolute Gasteiger partial charge is 0.376 e. The fraction of sp³-hybridized carbons (Fsp3) is 0.636. The number of carbonyl (C=O) groups excluding carboxylic acids is 1. The molecule has 1 amide bonds. The van der Waals surface area contributed by atoms with E-state index in [-0.39, 0.29) is 34.8 Å². The quantitative estimate of drug-likeness (QED) is 0.631. The van der Waals surface area contributed by atoms with Gasteiger partial charge < -0.3 is 15.3 Å². The van der Waals surface area contributed by atoms with Gasteiger partial charge in [0.15, 0.2) is 11.4 Å². The zero-order chi connectivity index (χ0) is 24.1. The maximum Gasteiger partial charge on any atom is 0.422 e. The zero-order valence-corrected chi connectivity index (χ0v) is 19.1. The number of aliphatic hydroxyl groups is 1. The van der Waals surface area contributed by atoms with Crippen molar-refractivity contribution < 1.29 is 23.1 Å². The number of carbonyl (C=O) groups is 1. The van der Waals surface area contributed by atoms with Crippen molar-refractivity contribution in [1.29, 1.82) is 0 Å². The minimum Gasteiger partial charge on any atom is -0.376 e. The highest BCUT2D eigenvalue weighted by molar-refractivity contribution is 5.94. The number of hydrogen-bond acceptors (Lipinski definition) is 6. The molecule has 11 heteroatoms. The van der Waals surface area contributed by atoms with Gasteiger partial charge in [0.25, 0.3) is 0 Å². The molecule has 2 aliphatic rings. The predicted octanol–water partition coefficient (Wildman–Crippen LogP) is 3.92.